The number of aromatic nitrogens is 3. The highest BCUT2D eigenvalue weighted by atomic mass is 32.1. The number of rotatable bonds is 2. The standard InChI is InChI=1S/C16H21N3O2S/c1-10-17-15-13(18-14(22-15)11-4-2-3-5-11)16(20)19(10)12-6-8-21-9-7-12/h11-12H,2-9H2,1H3. The van der Waals surface area contributed by atoms with Crippen LogP contribution < -0.4 is 5.56 Å². The SMILES string of the molecule is Cc1nc2sc(C3CCCC3)nc2c(=O)n1C1CCOCC1. The van der Waals surface area contributed by atoms with E-state index < -0.39 is 0 Å². The van der Waals surface area contributed by atoms with Crippen molar-refractivity contribution >= 4 is 21.7 Å². The second-order valence-corrected chi connectivity index (χ2v) is 7.37. The van der Waals surface area contributed by atoms with E-state index in [0.717, 1.165) is 41.7 Å². The molecule has 0 N–H and O–H groups in total. The molecule has 2 aliphatic rings. The molecule has 0 atom stereocenters. The smallest absolute Gasteiger partial charge is 0.281 e. The van der Waals surface area contributed by atoms with E-state index >= 15 is 0 Å². The Morgan fingerprint density at radius 1 is 1.14 bits per heavy atom. The number of thiazole rings is 1. The molecule has 0 aromatic carbocycles. The molecule has 2 aromatic heterocycles. The molecule has 1 saturated carbocycles. The third-order valence-corrected chi connectivity index (χ3v) is 6.03. The minimum atomic E-state index is 0.0369. The topological polar surface area (TPSA) is 57.0 Å². The molecule has 0 radical (unpaired) electrons. The molecule has 6 heteroatoms. The van der Waals surface area contributed by atoms with Gasteiger partial charge in [0.1, 0.15) is 5.82 Å². The Bertz CT molecular complexity index is 740. The van der Waals surface area contributed by atoms with Crippen LogP contribution in [0.5, 0.6) is 0 Å². The van der Waals surface area contributed by atoms with Crippen LogP contribution in [0.4, 0.5) is 0 Å². The van der Waals surface area contributed by atoms with Gasteiger partial charge in [0, 0.05) is 25.2 Å². The summed E-state index contributed by atoms with van der Waals surface area (Å²) in [5, 5.41) is 1.11. The highest BCUT2D eigenvalue weighted by Gasteiger charge is 2.25. The predicted molar refractivity (Wildman–Crippen MR) is 86.7 cm³/mol. The van der Waals surface area contributed by atoms with Crippen LogP contribution >= 0.6 is 11.3 Å². The van der Waals surface area contributed by atoms with Crippen LogP contribution in [0.1, 0.15) is 61.3 Å². The number of hydrogen-bond donors (Lipinski definition) is 0. The van der Waals surface area contributed by atoms with Gasteiger partial charge in [0.2, 0.25) is 0 Å². The molecule has 2 fully saturated rings. The monoisotopic (exact) mass is 319 g/mol. The fraction of sp³-hybridized carbons (Fsp3) is 0.688. The molecule has 0 unspecified atom stereocenters. The molecular formula is C16H21N3O2S. The quantitative estimate of drug-likeness (QED) is 0.853. The molecule has 1 aliphatic heterocycles. The second kappa shape index (κ2) is 5.74. The van der Waals surface area contributed by atoms with Crippen molar-refractivity contribution in [3.8, 4) is 0 Å². The molecule has 2 aromatic rings. The molecule has 5 nitrogen and oxygen atoms in total. The zero-order valence-electron chi connectivity index (χ0n) is 12.9. The van der Waals surface area contributed by atoms with E-state index in [1.807, 2.05) is 11.5 Å². The zero-order chi connectivity index (χ0) is 15.1. The zero-order valence-corrected chi connectivity index (χ0v) is 13.7. The highest BCUT2D eigenvalue weighted by Crippen LogP contribution is 2.37. The van der Waals surface area contributed by atoms with Gasteiger partial charge in [0.05, 0.1) is 5.01 Å². The van der Waals surface area contributed by atoms with Crippen molar-refractivity contribution in [3.05, 3.63) is 21.2 Å². The lowest BCUT2D eigenvalue weighted by Gasteiger charge is -2.25. The molecule has 1 saturated heterocycles. The van der Waals surface area contributed by atoms with E-state index in [-0.39, 0.29) is 11.6 Å². The fourth-order valence-corrected chi connectivity index (χ4v) is 4.87. The van der Waals surface area contributed by atoms with Crippen molar-refractivity contribution in [1.82, 2.24) is 14.5 Å². The van der Waals surface area contributed by atoms with Gasteiger partial charge in [-0.15, -0.1) is 0 Å². The van der Waals surface area contributed by atoms with Crippen LogP contribution in [0.25, 0.3) is 10.3 Å². The first-order chi connectivity index (χ1) is 10.7. The number of aryl methyl sites for hydroxylation is 1. The molecule has 0 amide bonds. The van der Waals surface area contributed by atoms with Crippen LogP contribution in [0, 0.1) is 6.92 Å². The van der Waals surface area contributed by atoms with Gasteiger partial charge < -0.3 is 4.74 Å². The average molecular weight is 319 g/mol. The molecule has 0 spiro atoms. The lowest BCUT2D eigenvalue weighted by molar-refractivity contribution is 0.0679. The lowest BCUT2D eigenvalue weighted by Crippen LogP contribution is -2.31. The summed E-state index contributed by atoms with van der Waals surface area (Å²) in [6.07, 6.45) is 6.72. The summed E-state index contributed by atoms with van der Waals surface area (Å²) in [6.45, 7) is 3.38. The molecule has 4 rings (SSSR count). The molecule has 1 aliphatic carbocycles. The van der Waals surface area contributed by atoms with Gasteiger partial charge in [-0.1, -0.05) is 24.2 Å². The van der Waals surface area contributed by atoms with E-state index in [9.17, 15) is 4.79 Å². The first kappa shape index (κ1) is 14.3. The van der Waals surface area contributed by atoms with Gasteiger partial charge >= 0.3 is 0 Å². The highest BCUT2D eigenvalue weighted by molar-refractivity contribution is 7.18. The van der Waals surface area contributed by atoms with Gasteiger partial charge in [-0.25, -0.2) is 9.97 Å². The van der Waals surface area contributed by atoms with Crippen LogP contribution in [0.15, 0.2) is 4.79 Å². The van der Waals surface area contributed by atoms with Crippen LogP contribution in [-0.2, 0) is 4.74 Å². The number of hydrogen-bond acceptors (Lipinski definition) is 5. The number of fused-ring (bicyclic) bond motifs is 1. The summed E-state index contributed by atoms with van der Waals surface area (Å²) >= 11 is 1.62. The van der Waals surface area contributed by atoms with Gasteiger partial charge in [-0.3, -0.25) is 9.36 Å². The largest absolute Gasteiger partial charge is 0.381 e. The predicted octanol–water partition coefficient (Wildman–Crippen LogP) is 3.17. The van der Waals surface area contributed by atoms with Gasteiger partial charge in [0.15, 0.2) is 10.3 Å². The van der Waals surface area contributed by atoms with Crippen LogP contribution in [0.2, 0.25) is 0 Å². The summed E-state index contributed by atoms with van der Waals surface area (Å²) < 4.78 is 7.26. The summed E-state index contributed by atoms with van der Waals surface area (Å²) in [4.78, 5) is 23.1. The van der Waals surface area contributed by atoms with E-state index in [2.05, 4.69) is 9.97 Å². The van der Waals surface area contributed by atoms with Crippen molar-refractivity contribution in [2.24, 2.45) is 0 Å². The van der Waals surface area contributed by atoms with E-state index in [1.165, 1.54) is 25.7 Å². The van der Waals surface area contributed by atoms with E-state index in [1.54, 1.807) is 11.3 Å². The third-order valence-electron chi connectivity index (χ3n) is 4.92. The number of ether oxygens (including phenoxy) is 1. The Hall–Kier alpha value is -1.27. The first-order valence-corrected chi connectivity index (χ1v) is 9.03. The Kier molecular flexibility index (Phi) is 3.74. The minimum absolute atomic E-state index is 0.0369. The van der Waals surface area contributed by atoms with E-state index in [4.69, 9.17) is 4.74 Å². The maximum Gasteiger partial charge on any atom is 0.281 e. The fourth-order valence-electron chi connectivity index (χ4n) is 3.73. The summed E-state index contributed by atoms with van der Waals surface area (Å²) in [6, 6.07) is 0.204. The summed E-state index contributed by atoms with van der Waals surface area (Å²) in [7, 11) is 0. The second-order valence-electron chi connectivity index (χ2n) is 6.36. The Labute approximate surface area is 133 Å². The molecule has 3 heterocycles. The first-order valence-electron chi connectivity index (χ1n) is 8.21. The summed E-state index contributed by atoms with van der Waals surface area (Å²) in [5.41, 5.74) is 0.610. The maximum atomic E-state index is 12.9. The third kappa shape index (κ3) is 2.38. The molecular weight excluding hydrogens is 298 g/mol. The van der Waals surface area contributed by atoms with Crippen LogP contribution in [-0.4, -0.2) is 27.7 Å². The minimum Gasteiger partial charge on any atom is -0.381 e. The Morgan fingerprint density at radius 2 is 1.86 bits per heavy atom. The van der Waals surface area contributed by atoms with Gasteiger partial charge in [-0.2, -0.15) is 0 Å². The van der Waals surface area contributed by atoms with Crippen molar-refractivity contribution in [2.75, 3.05) is 13.2 Å². The van der Waals surface area contributed by atoms with Crippen molar-refractivity contribution < 1.29 is 4.74 Å². The molecule has 0 bridgehead atoms. The normalized spacial score (nSPS) is 21.0. The van der Waals surface area contributed by atoms with Crippen molar-refractivity contribution in [2.45, 2.75) is 57.4 Å². The lowest BCUT2D eigenvalue weighted by atomic mass is 10.1. The molecule has 118 valence electrons. The van der Waals surface area contributed by atoms with Gasteiger partial charge in [-0.05, 0) is 32.6 Å². The van der Waals surface area contributed by atoms with Crippen molar-refractivity contribution in [1.29, 1.82) is 0 Å². The number of nitrogens with zero attached hydrogens (tertiary/aromatic N) is 3. The average Bonchev–Trinajstić information content (AvgIpc) is 3.17. The van der Waals surface area contributed by atoms with Gasteiger partial charge in [0.25, 0.3) is 5.56 Å². The van der Waals surface area contributed by atoms with Crippen LogP contribution in [0.3, 0.4) is 0 Å². The Morgan fingerprint density at radius 3 is 2.59 bits per heavy atom. The summed E-state index contributed by atoms with van der Waals surface area (Å²) in [5.74, 6) is 1.35. The van der Waals surface area contributed by atoms with E-state index in [0.29, 0.717) is 11.4 Å². The Balaban J connectivity index is 1.79. The maximum absolute atomic E-state index is 12.9. The van der Waals surface area contributed by atoms with Crippen molar-refractivity contribution in [3.63, 3.8) is 0 Å². The molecule has 22 heavy (non-hydrogen) atoms.